The fourth-order valence-electron chi connectivity index (χ4n) is 2.79. The molecule has 2 heterocycles. The van der Waals surface area contributed by atoms with Crippen LogP contribution in [0.5, 0.6) is 0 Å². The zero-order chi connectivity index (χ0) is 19.0. The van der Waals surface area contributed by atoms with Gasteiger partial charge in [-0.25, -0.2) is 13.1 Å². The average Bonchev–Trinajstić information content (AvgIpc) is 3.35. The van der Waals surface area contributed by atoms with E-state index in [1.807, 2.05) is 24.4 Å². The summed E-state index contributed by atoms with van der Waals surface area (Å²) in [6.45, 7) is 1.80. The van der Waals surface area contributed by atoms with Crippen molar-refractivity contribution < 1.29 is 13.2 Å². The number of pyridine rings is 1. The summed E-state index contributed by atoms with van der Waals surface area (Å²) in [6.07, 6.45) is 3.52. The number of rotatable bonds is 6. The van der Waals surface area contributed by atoms with Crippen LogP contribution in [0.3, 0.4) is 0 Å². The molecule has 140 valence electrons. The van der Waals surface area contributed by atoms with Gasteiger partial charge in [-0.2, -0.15) is 0 Å². The second-order valence-corrected chi connectivity index (χ2v) is 8.32. The molecule has 3 aromatic rings. The highest BCUT2D eigenvalue weighted by Gasteiger charge is 2.28. The lowest BCUT2D eigenvalue weighted by molar-refractivity contribution is 0.0938. The van der Waals surface area contributed by atoms with E-state index in [4.69, 9.17) is 0 Å². The van der Waals surface area contributed by atoms with E-state index >= 15 is 0 Å². The highest BCUT2D eigenvalue weighted by molar-refractivity contribution is 7.89. The average molecular weight is 385 g/mol. The Morgan fingerprint density at radius 1 is 1.19 bits per heavy atom. The van der Waals surface area contributed by atoms with Crippen molar-refractivity contribution in [3.63, 3.8) is 0 Å². The zero-order valence-corrected chi connectivity index (χ0v) is 15.5. The number of benzene rings is 1. The van der Waals surface area contributed by atoms with Gasteiger partial charge in [0.05, 0.1) is 10.9 Å². The lowest BCUT2D eigenvalue weighted by Gasteiger charge is -2.13. The molecule has 0 aliphatic heterocycles. The summed E-state index contributed by atoms with van der Waals surface area (Å²) >= 11 is 0. The molecule has 0 spiro atoms. The first-order chi connectivity index (χ1) is 12.9. The molecule has 1 saturated carbocycles. The summed E-state index contributed by atoms with van der Waals surface area (Å²) in [5.41, 5.74) is 0.960. The van der Waals surface area contributed by atoms with Gasteiger partial charge in [-0.3, -0.25) is 9.20 Å². The van der Waals surface area contributed by atoms with Crippen LogP contribution in [-0.2, 0) is 10.0 Å². The van der Waals surface area contributed by atoms with Crippen molar-refractivity contribution in [2.24, 2.45) is 0 Å². The molecular formula is C18H19N5O3S. The highest BCUT2D eigenvalue weighted by Crippen LogP contribution is 2.22. The normalized spacial score (nSPS) is 15.6. The lowest BCUT2D eigenvalue weighted by atomic mass is 10.2. The van der Waals surface area contributed by atoms with E-state index in [0.29, 0.717) is 11.5 Å². The molecule has 1 fully saturated rings. The van der Waals surface area contributed by atoms with E-state index in [9.17, 15) is 13.2 Å². The molecule has 1 aromatic carbocycles. The first kappa shape index (κ1) is 17.6. The molecule has 27 heavy (non-hydrogen) atoms. The van der Waals surface area contributed by atoms with E-state index in [1.54, 1.807) is 23.5 Å². The molecule has 2 aromatic heterocycles. The molecule has 1 aliphatic carbocycles. The number of hydrogen-bond donors (Lipinski definition) is 2. The number of nitrogens with zero attached hydrogens (tertiary/aromatic N) is 3. The quantitative estimate of drug-likeness (QED) is 0.671. The van der Waals surface area contributed by atoms with E-state index < -0.39 is 16.1 Å². The van der Waals surface area contributed by atoms with Crippen LogP contribution in [0.25, 0.3) is 5.65 Å². The van der Waals surface area contributed by atoms with Gasteiger partial charge in [0.25, 0.3) is 5.91 Å². The van der Waals surface area contributed by atoms with Crippen molar-refractivity contribution in [3.05, 3.63) is 60.0 Å². The molecular weight excluding hydrogens is 366 g/mol. The van der Waals surface area contributed by atoms with Crippen LogP contribution in [0.2, 0.25) is 0 Å². The summed E-state index contributed by atoms with van der Waals surface area (Å²) in [4.78, 5) is 12.7. The van der Waals surface area contributed by atoms with Gasteiger partial charge in [0.15, 0.2) is 11.5 Å². The smallest absolute Gasteiger partial charge is 0.251 e. The van der Waals surface area contributed by atoms with Crippen LogP contribution in [0.1, 0.15) is 42.0 Å². The van der Waals surface area contributed by atoms with Gasteiger partial charge in [0, 0.05) is 17.8 Å². The molecule has 1 amide bonds. The van der Waals surface area contributed by atoms with E-state index in [2.05, 4.69) is 20.2 Å². The minimum Gasteiger partial charge on any atom is -0.342 e. The van der Waals surface area contributed by atoms with Gasteiger partial charge in [-0.1, -0.05) is 12.1 Å². The van der Waals surface area contributed by atoms with E-state index in [0.717, 1.165) is 12.8 Å². The van der Waals surface area contributed by atoms with Gasteiger partial charge in [0.1, 0.15) is 0 Å². The third kappa shape index (κ3) is 3.69. The Labute approximate surface area is 156 Å². The molecule has 8 nitrogen and oxygen atoms in total. The van der Waals surface area contributed by atoms with Crippen molar-refractivity contribution >= 4 is 21.6 Å². The summed E-state index contributed by atoms with van der Waals surface area (Å²) < 4.78 is 29.1. The molecule has 0 radical (unpaired) electrons. The van der Waals surface area contributed by atoms with Crippen molar-refractivity contribution in [3.8, 4) is 0 Å². The molecule has 1 atom stereocenters. The number of carbonyl (C=O) groups excluding carboxylic acids is 1. The Hall–Kier alpha value is -2.78. The summed E-state index contributed by atoms with van der Waals surface area (Å²) in [6, 6.07) is 11.2. The monoisotopic (exact) mass is 385 g/mol. The standard InChI is InChI=1S/C18H19N5O3S/c1-12(17-21-20-16-7-2-3-10-23(16)17)19-18(24)13-5-4-6-15(11-13)27(25,26)22-14-8-9-14/h2-7,10-12,14,22H,8-9H2,1H3,(H,19,24). The topological polar surface area (TPSA) is 105 Å². The first-order valence-corrected chi connectivity index (χ1v) is 10.2. The van der Waals surface area contributed by atoms with Gasteiger partial charge in [-0.05, 0) is 50.1 Å². The Morgan fingerprint density at radius 2 is 2.00 bits per heavy atom. The van der Waals surface area contributed by atoms with Gasteiger partial charge < -0.3 is 5.32 Å². The minimum absolute atomic E-state index is 0.00808. The molecule has 4 rings (SSSR count). The van der Waals surface area contributed by atoms with Crippen LogP contribution in [0, 0.1) is 0 Å². The predicted molar refractivity (Wildman–Crippen MR) is 98.7 cm³/mol. The largest absolute Gasteiger partial charge is 0.342 e. The third-order valence-electron chi connectivity index (χ3n) is 4.38. The van der Waals surface area contributed by atoms with Crippen molar-refractivity contribution in [2.75, 3.05) is 0 Å². The third-order valence-corrected chi connectivity index (χ3v) is 5.90. The molecule has 2 N–H and O–H groups in total. The fraction of sp³-hybridized carbons (Fsp3) is 0.278. The number of carbonyl (C=O) groups is 1. The second kappa shape index (κ2) is 6.75. The highest BCUT2D eigenvalue weighted by atomic mass is 32.2. The molecule has 1 aliphatic rings. The Morgan fingerprint density at radius 3 is 2.78 bits per heavy atom. The second-order valence-electron chi connectivity index (χ2n) is 6.61. The SMILES string of the molecule is CC(NC(=O)c1cccc(S(=O)(=O)NC2CC2)c1)c1nnc2ccccn12. The van der Waals surface area contributed by atoms with Crippen molar-refractivity contribution in [1.82, 2.24) is 24.6 Å². The van der Waals surface area contributed by atoms with Crippen LogP contribution in [0.4, 0.5) is 0 Å². The zero-order valence-electron chi connectivity index (χ0n) is 14.7. The molecule has 0 bridgehead atoms. The van der Waals surface area contributed by atoms with Gasteiger partial charge >= 0.3 is 0 Å². The van der Waals surface area contributed by atoms with Crippen molar-refractivity contribution in [2.45, 2.75) is 36.7 Å². The van der Waals surface area contributed by atoms with Gasteiger partial charge in [0.2, 0.25) is 10.0 Å². The summed E-state index contributed by atoms with van der Waals surface area (Å²) in [5.74, 6) is 0.219. The molecule has 1 unspecified atom stereocenters. The van der Waals surface area contributed by atoms with Gasteiger partial charge in [-0.15, -0.1) is 10.2 Å². The molecule has 9 heteroatoms. The first-order valence-electron chi connectivity index (χ1n) is 8.67. The predicted octanol–water partition coefficient (Wildman–Crippen LogP) is 1.66. The number of hydrogen-bond acceptors (Lipinski definition) is 5. The summed E-state index contributed by atoms with van der Waals surface area (Å²) in [7, 11) is -3.61. The van der Waals surface area contributed by atoms with Crippen LogP contribution < -0.4 is 10.0 Å². The maximum Gasteiger partial charge on any atom is 0.251 e. The van der Waals surface area contributed by atoms with E-state index in [-0.39, 0.29) is 22.4 Å². The van der Waals surface area contributed by atoms with Crippen molar-refractivity contribution in [1.29, 1.82) is 0 Å². The maximum atomic E-state index is 12.6. The lowest BCUT2D eigenvalue weighted by Crippen LogP contribution is -2.29. The Bertz CT molecular complexity index is 1100. The number of sulfonamides is 1. The molecule has 0 saturated heterocycles. The summed E-state index contributed by atoms with van der Waals surface area (Å²) in [5, 5.41) is 11.0. The minimum atomic E-state index is -3.61. The van der Waals surface area contributed by atoms with Crippen LogP contribution in [0.15, 0.2) is 53.6 Å². The maximum absolute atomic E-state index is 12.6. The Kier molecular flexibility index (Phi) is 4.40. The number of aromatic nitrogens is 3. The van der Waals surface area contributed by atoms with E-state index in [1.165, 1.54) is 12.1 Å². The Balaban J connectivity index is 1.53. The number of fused-ring (bicyclic) bond motifs is 1. The van der Waals surface area contributed by atoms with Crippen LogP contribution >= 0.6 is 0 Å². The fourth-order valence-corrected chi connectivity index (χ4v) is 4.14. The number of nitrogens with one attached hydrogen (secondary N) is 2. The van der Waals surface area contributed by atoms with Crippen LogP contribution in [-0.4, -0.2) is 35.0 Å². The number of amides is 1.